The molecule has 0 bridgehead atoms. The molecule has 1 aromatic carbocycles. The van der Waals surface area contributed by atoms with E-state index < -0.39 is 11.6 Å². The monoisotopic (exact) mass is 400 g/mol. The van der Waals surface area contributed by atoms with Gasteiger partial charge in [-0.1, -0.05) is 16.5 Å². The van der Waals surface area contributed by atoms with E-state index in [1.807, 2.05) is 29.1 Å². The maximum Gasteiger partial charge on any atom is 0.263 e. The van der Waals surface area contributed by atoms with Gasteiger partial charge in [0.1, 0.15) is 22.2 Å². The fourth-order valence-corrected chi connectivity index (χ4v) is 3.58. The second-order valence-electron chi connectivity index (χ2n) is 5.99. The zero-order chi connectivity index (χ0) is 19.7. The van der Waals surface area contributed by atoms with Crippen LogP contribution in [0.3, 0.4) is 0 Å². The third-order valence-electron chi connectivity index (χ3n) is 4.00. The molecule has 3 heterocycles. The third kappa shape index (κ3) is 3.56. The summed E-state index contributed by atoms with van der Waals surface area (Å²) in [6.07, 6.45) is 3.71. The van der Waals surface area contributed by atoms with Gasteiger partial charge in [-0.25, -0.2) is 13.8 Å². The number of amides is 1. The Morgan fingerprint density at radius 3 is 2.79 bits per heavy atom. The molecule has 0 radical (unpaired) electrons. The van der Waals surface area contributed by atoms with Crippen LogP contribution < -0.4 is 5.32 Å². The SMILES string of the molecule is Cc1nc(-n2cccc2)sc1C(=O)NCc1cc(-c2ccc(F)cc2F)on1. The molecule has 9 heteroatoms. The molecule has 0 saturated carbocycles. The molecule has 0 atom stereocenters. The summed E-state index contributed by atoms with van der Waals surface area (Å²) in [6, 6.07) is 8.44. The lowest BCUT2D eigenvalue weighted by Crippen LogP contribution is -2.22. The quantitative estimate of drug-likeness (QED) is 0.547. The summed E-state index contributed by atoms with van der Waals surface area (Å²) in [4.78, 5) is 17.4. The first-order valence-corrected chi connectivity index (χ1v) is 9.13. The summed E-state index contributed by atoms with van der Waals surface area (Å²) < 4.78 is 33.8. The number of carbonyl (C=O) groups excluding carboxylic acids is 1. The van der Waals surface area contributed by atoms with Crippen molar-refractivity contribution in [2.24, 2.45) is 0 Å². The van der Waals surface area contributed by atoms with Crippen LogP contribution in [0.1, 0.15) is 21.1 Å². The Hall–Kier alpha value is -3.33. The number of thiazole rings is 1. The van der Waals surface area contributed by atoms with Crippen molar-refractivity contribution in [3.8, 4) is 16.5 Å². The zero-order valence-electron chi connectivity index (χ0n) is 14.6. The Bertz CT molecular complexity index is 1130. The molecule has 28 heavy (non-hydrogen) atoms. The van der Waals surface area contributed by atoms with E-state index in [2.05, 4.69) is 15.5 Å². The predicted octanol–water partition coefficient (Wildman–Crippen LogP) is 4.11. The first-order valence-electron chi connectivity index (χ1n) is 8.31. The first kappa shape index (κ1) is 18.1. The molecule has 0 aliphatic rings. The number of hydrogen-bond acceptors (Lipinski definition) is 5. The number of nitrogens with one attached hydrogen (secondary N) is 1. The molecule has 0 fully saturated rings. The van der Waals surface area contributed by atoms with Crippen LogP contribution in [0.4, 0.5) is 8.78 Å². The smallest absolute Gasteiger partial charge is 0.263 e. The molecule has 3 aromatic heterocycles. The summed E-state index contributed by atoms with van der Waals surface area (Å²) in [6.45, 7) is 1.87. The van der Waals surface area contributed by atoms with E-state index in [1.54, 1.807) is 6.92 Å². The lowest BCUT2D eigenvalue weighted by atomic mass is 10.1. The molecule has 6 nitrogen and oxygen atoms in total. The molecule has 4 aromatic rings. The molecule has 4 rings (SSSR count). The summed E-state index contributed by atoms with van der Waals surface area (Å²) in [7, 11) is 0. The van der Waals surface area contributed by atoms with Gasteiger partial charge in [0.05, 0.1) is 17.8 Å². The molecular weight excluding hydrogens is 386 g/mol. The fourth-order valence-electron chi connectivity index (χ4n) is 2.63. The van der Waals surface area contributed by atoms with Gasteiger partial charge in [0.25, 0.3) is 5.91 Å². The largest absolute Gasteiger partial charge is 0.356 e. The third-order valence-corrected chi connectivity index (χ3v) is 5.17. The highest BCUT2D eigenvalue weighted by Gasteiger charge is 2.17. The van der Waals surface area contributed by atoms with Crippen molar-refractivity contribution in [3.63, 3.8) is 0 Å². The summed E-state index contributed by atoms with van der Waals surface area (Å²) in [5.74, 6) is -1.55. The number of nitrogens with zero attached hydrogens (tertiary/aromatic N) is 3. The van der Waals surface area contributed by atoms with Gasteiger partial charge in [0, 0.05) is 24.5 Å². The Morgan fingerprint density at radius 1 is 1.25 bits per heavy atom. The molecule has 0 aliphatic heterocycles. The van der Waals surface area contributed by atoms with Crippen LogP contribution in [0.5, 0.6) is 0 Å². The first-order chi connectivity index (χ1) is 13.5. The Morgan fingerprint density at radius 2 is 2.04 bits per heavy atom. The minimum Gasteiger partial charge on any atom is -0.356 e. The normalized spacial score (nSPS) is 11.0. The Labute approximate surface area is 162 Å². The average Bonchev–Trinajstić information content (AvgIpc) is 3.40. The van der Waals surface area contributed by atoms with E-state index in [9.17, 15) is 13.6 Å². The predicted molar refractivity (Wildman–Crippen MR) is 99.2 cm³/mol. The van der Waals surface area contributed by atoms with Crippen molar-refractivity contribution in [2.75, 3.05) is 0 Å². The van der Waals surface area contributed by atoms with Gasteiger partial charge in [-0.2, -0.15) is 0 Å². The molecular formula is C19H14F2N4O2S. The van der Waals surface area contributed by atoms with Crippen molar-refractivity contribution in [3.05, 3.63) is 76.7 Å². The van der Waals surface area contributed by atoms with Crippen LogP contribution >= 0.6 is 11.3 Å². The highest BCUT2D eigenvalue weighted by molar-refractivity contribution is 7.16. The van der Waals surface area contributed by atoms with E-state index >= 15 is 0 Å². The van der Waals surface area contributed by atoms with Gasteiger partial charge < -0.3 is 14.4 Å². The number of aryl methyl sites for hydroxylation is 1. The molecule has 142 valence electrons. The highest BCUT2D eigenvalue weighted by Crippen LogP contribution is 2.25. The van der Waals surface area contributed by atoms with Gasteiger partial charge in [-0.15, -0.1) is 0 Å². The average molecular weight is 400 g/mol. The highest BCUT2D eigenvalue weighted by atomic mass is 32.1. The van der Waals surface area contributed by atoms with Crippen molar-refractivity contribution in [1.82, 2.24) is 20.0 Å². The molecule has 0 aliphatic carbocycles. The van der Waals surface area contributed by atoms with Gasteiger partial charge in [-0.3, -0.25) is 4.79 Å². The minimum absolute atomic E-state index is 0.0983. The second kappa shape index (κ2) is 7.35. The van der Waals surface area contributed by atoms with Crippen LogP contribution in [0, 0.1) is 18.6 Å². The summed E-state index contributed by atoms with van der Waals surface area (Å²) in [5, 5.41) is 7.27. The minimum atomic E-state index is -0.746. The van der Waals surface area contributed by atoms with E-state index in [0.717, 1.165) is 12.1 Å². The topological polar surface area (TPSA) is 73.0 Å². The maximum absolute atomic E-state index is 13.8. The lowest BCUT2D eigenvalue weighted by molar-refractivity contribution is 0.0953. The van der Waals surface area contributed by atoms with Gasteiger partial charge in [0.15, 0.2) is 10.9 Å². The van der Waals surface area contributed by atoms with Crippen LogP contribution in [0.25, 0.3) is 16.5 Å². The van der Waals surface area contributed by atoms with Crippen LogP contribution in [-0.4, -0.2) is 20.6 Å². The number of aromatic nitrogens is 3. The molecule has 1 N–H and O–H groups in total. The molecule has 0 spiro atoms. The van der Waals surface area contributed by atoms with E-state index in [0.29, 0.717) is 21.4 Å². The van der Waals surface area contributed by atoms with Crippen molar-refractivity contribution in [1.29, 1.82) is 0 Å². The summed E-state index contributed by atoms with van der Waals surface area (Å²) in [5.41, 5.74) is 1.14. The molecule has 1 amide bonds. The van der Waals surface area contributed by atoms with Crippen LogP contribution in [-0.2, 0) is 6.54 Å². The van der Waals surface area contributed by atoms with Crippen LogP contribution in [0.2, 0.25) is 0 Å². The zero-order valence-corrected chi connectivity index (χ0v) is 15.5. The second-order valence-corrected chi connectivity index (χ2v) is 6.97. The summed E-state index contributed by atoms with van der Waals surface area (Å²) >= 11 is 1.28. The number of hydrogen-bond donors (Lipinski definition) is 1. The van der Waals surface area contributed by atoms with Crippen molar-refractivity contribution in [2.45, 2.75) is 13.5 Å². The van der Waals surface area contributed by atoms with Gasteiger partial charge in [0.2, 0.25) is 0 Å². The van der Waals surface area contributed by atoms with E-state index in [4.69, 9.17) is 4.52 Å². The fraction of sp³-hybridized carbons (Fsp3) is 0.105. The molecule has 0 unspecified atom stereocenters. The number of carbonyl (C=O) groups is 1. The van der Waals surface area contributed by atoms with Gasteiger partial charge >= 0.3 is 0 Å². The maximum atomic E-state index is 13.8. The number of benzene rings is 1. The van der Waals surface area contributed by atoms with E-state index in [-0.39, 0.29) is 23.8 Å². The van der Waals surface area contributed by atoms with Gasteiger partial charge in [-0.05, 0) is 31.2 Å². The van der Waals surface area contributed by atoms with Crippen LogP contribution in [0.15, 0.2) is 53.3 Å². The van der Waals surface area contributed by atoms with Crippen molar-refractivity contribution >= 4 is 17.2 Å². The Balaban J connectivity index is 1.45. The lowest BCUT2D eigenvalue weighted by Gasteiger charge is -2.00. The standard InChI is InChI=1S/C19H14F2N4O2S/c1-11-17(28-19(23-11)25-6-2-3-7-25)18(26)22-10-13-9-16(27-24-13)14-5-4-12(20)8-15(14)21/h2-9H,10H2,1H3,(H,22,26). The Kier molecular flexibility index (Phi) is 4.74. The van der Waals surface area contributed by atoms with E-state index in [1.165, 1.54) is 23.5 Å². The number of halogens is 2. The number of rotatable bonds is 5. The van der Waals surface area contributed by atoms with Crippen molar-refractivity contribution < 1.29 is 18.1 Å². The molecule has 0 saturated heterocycles.